The fraction of sp³-hybridized carbons (Fsp3) is 0.254. The zero-order valence-electron chi connectivity index (χ0n) is 46.3. The van der Waals surface area contributed by atoms with Gasteiger partial charge in [-0.15, -0.1) is 0 Å². The highest BCUT2D eigenvalue weighted by atomic mass is 19.2. The van der Waals surface area contributed by atoms with Crippen molar-refractivity contribution in [3.05, 3.63) is 199 Å². The quantitative estimate of drug-likeness (QED) is 0.0819. The maximum atomic E-state index is 17.7. The van der Waals surface area contributed by atoms with Crippen LogP contribution in [0, 0.1) is 27.7 Å². The van der Waals surface area contributed by atoms with Crippen molar-refractivity contribution >= 4 is 79.3 Å². The molecule has 1 unspecified atom stereocenters. The van der Waals surface area contributed by atoms with Gasteiger partial charge in [0.1, 0.15) is 11.4 Å². The average molecular weight is 1000 g/mol. The van der Waals surface area contributed by atoms with Crippen molar-refractivity contribution in [3.63, 3.8) is 0 Å². The fourth-order valence-electron chi connectivity index (χ4n) is 15.8. The zero-order valence-corrected chi connectivity index (χ0v) is 46.3. The summed E-state index contributed by atoms with van der Waals surface area (Å²) < 4.78 is 58.6. The van der Waals surface area contributed by atoms with Gasteiger partial charge in [-0.25, -0.2) is 0 Å². The number of halogens is 3. The number of nitrogens with zero attached hydrogens (tertiary/aromatic N) is 4. The van der Waals surface area contributed by atoms with Gasteiger partial charge in [0, 0.05) is 47.5 Å². The van der Waals surface area contributed by atoms with Gasteiger partial charge < -0.3 is 30.9 Å². The summed E-state index contributed by atoms with van der Waals surface area (Å²) in [5, 5.41) is 9.73. The molecule has 0 N–H and O–H groups in total. The van der Waals surface area contributed by atoms with Crippen LogP contribution in [0.25, 0.3) is 76.5 Å². The van der Waals surface area contributed by atoms with Gasteiger partial charge in [0.15, 0.2) is 11.4 Å². The molecular formula is C67H65B2F3N4. The number of aromatic nitrogens is 2. The van der Waals surface area contributed by atoms with Crippen LogP contribution in [0.3, 0.4) is 0 Å². The molecule has 0 spiro atoms. The number of rotatable bonds is 8. The van der Waals surface area contributed by atoms with Crippen LogP contribution < -0.4 is 0 Å². The number of hydrogen-bond donors (Lipinski definition) is 0. The van der Waals surface area contributed by atoms with E-state index in [1.807, 2.05) is 36.7 Å². The van der Waals surface area contributed by atoms with Gasteiger partial charge in [-0.3, -0.25) is 0 Å². The molecular weight excluding hydrogens is 939 g/mol. The Labute approximate surface area is 445 Å². The van der Waals surface area contributed by atoms with E-state index in [4.69, 9.17) is 0 Å². The molecule has 6 heterocycles. The molecule has 76 heavy (non-hydrogen) atoms. The van der Waals surface area contributed by atoms with Crippen LogP contribution >= 0.6 is 0 Å². The molecule has 9 heteroatoms. The number of hydrogen-bond acceptors (Lipinski definition) is 0. The van der Waals surface area contributed by atoms with Crippen molar-refractivity contribution in [1.29, 1.82) is 0 Å². The summed E-state index contributed by atoms with van der Waals surface area (Å²) in [6.07, 6.45) is 3.08. The van der Waals surface area contributed by atoms with Gasteiger partial charge in [0.2, 0.25) is 0 Å². The Morgan fingerprint density at radius 2 is 0.789 bits per heavy atom. The van der Waals surface area contributed by atoms with Gasteiger partial charge >= 0.3 is 13.7 Å². The highest BCUT2D eigenvalue weighted by Gasteiger charge is 2.57. The maximum absolute atomic E-state index is 17.7. The Bertz CT molecular complexity index is 4020. The van der Waals surface area contributed by atoms with Crippen molar-refractivity contribution < 1.29 is 21.9 Å². The van der Waals surface area contributed by atoms with E-state index in [-0.39, 0.29) is 0 Å². The van der Waals surface area contributed by atoms with E-state index in [0.29, 0.717) is 35.6 Å². The van der Waals surface area contributed by atoms with E-state index in [2.05, 4.69) is 165 Å². The fourth-order valence-corrected chi connectivity index (χ4v) is 15.8. The lowest BCUT2D eigenvalue weighted by Gasteiger charge is -2.37. The Morgan fingerprint density at radius 3 is 1.22 bits per heavy atom. The molecule has 0 saturated heterocycles. The monoisotopic (exact) mass is 1000 g/mol. The summed E-state index contributed by atoms with van der Waals surface area (Å²) in [5.74, 6) is 0. The largest absolute Gasteiger partial charge is 0.737 e. The van der Waals surface area contributed by atoms with Crippen LogP contribution in [-0.4, -0.2) is 43.0 Å². The second kappa shape index (κ2) is 16.6. The van der Waals surface area contributed by atoms with Crippen LogP contribution in [0.4, 0.5) is 12.9 Å². The molecule has 13 rings (SSSR count). The molecule has 0 amide bonds. The second-order valence-corrected chi connectivity index (χ2v) is 22.4. The summed E-state index contributed by atoms with van der Waals surface area (Å²) in [4.78, 5) is 0. The van der Waals surface area contributed by atoms with E-state index in [0.717, 1.165) is 96.9 Å². The van der Waals surface area contributed by atoms with E-state index >= 15 is 12.9 Å². The van der Waals surface area contributed by atoms with Crippen molar-refractivity contribution in [3.8, 4) is 22.3 Å². The molecule has 1 atom stereocenters. The van der Waals surface area contributed by atoms with Gasteiger partial charge in [-0.2, -0.15) is 0 Å². The number of allylic oxidation sites excluding steroid dienone is 4. The van der Waals surface area contributed by atoms with Gasteiger partial charge in [-0.1, -0.05) is 144 Å². The van der Waals surface area contributed by atoms with Gasteiger partial charge in [0.25, 0.3) is 0 Å². The number of benzene rings is 7. The van der Waals surface area contributed by atoms with Gasteiger partial charge in [0.05, 0.1) is 11.1 Å². The smallest absolute Gasteiger partial charge is 0.428 e. The van der Waals surface area contributed by atoms with Crippen molar-refractivity contribution in [2.75, 3.05) is 0 Å². The minimum Gasteiger partial charge on any atom is -0.428 e. The Balaban J connectivity index is 0.927. The zero-order chi connectivity index (χ0) is 53.3. The molecule has 0 saturated carbocycles. The highest BCUT2D eigenvalue weighted by molar-refractivity contribution is 6.64. The standard InChI is InChI=1S/C67H65B2F3N4/c1-14-48-36(5)64-60(65-37(6)49(15-2)41(10)74(65)68(13,70)73(64)40(48)9)46-28-24-44(25-29-46)52-32-34-58-59-35-33-53(55-21-19-23-57(63(55)59)56-22-18-20-54(52)62(56)58)45-26-30-47(31-27-45)61-66-38(7)50(16-3)42(11)75(66)69(71,72)76-43(12)51(17-4)39(8)67(61)76/h18-35H,14-17H2,1-13H3. The van der Waals surface area contributed by atoms with Crippen molar-refractivity contribution in [2.45, 2.75) is 116 Å². The molecule has 4 nitrogen and oxygen atoms in total. The SMILES string of the molecule is CCC1=C(C)C2=C(c3ccc(-c4ccc5c6ccc(-c7ccc(C8=C9C(C)=C(CC)C(C)=[N+]9[B-](F)(F)n9c(C)c(CC)c(C)c98)cc7)c7cccc(c8cccc4c85)c76)cc3)c3c(C)c(CC)c(C)n3[B-](C)(F)[N+]2=C1C. The van der Waals surface area contributed by atoms with Crippen molar-refractivity contribution in [1.82, 2.24) is 8.96 Å². The molecule has 4 aliphatic heterocycles. The van der Waals surface area contributed by atoms with E-state index in [9.17, 15) is 0 Å². The summed E-state index contributed by atoms with van der Waals surface area (Å²) in [5.41, 5.74) is 23.8. The van der Waals surface area contributed by atoms with Crippen LogP contribution in [0.15, 0.2) is 143 Å². The summed E-state index contributed by atoms with van der Waals surface area (Å²) in [6.45, 7) is 19.9. The first-order valence-electron chi connectivity index (χ1n) is 27.7. The predicted octanol–water partition coefficient (Wildman–Crippen LogP) is 17.6. The van der Waals surface area contributed by atoms with Crippen LogP contribution in [0.1, 0.15) is 124 Å². The molecule has 0 fully saturated rings. The van der Waals surface area contributed by atoms with E-state index in [1.54, 1.807) is 6.82 Å². The Kier molecular flexibility index (Phi) is 10.5. The van der Waals surface area contributed by atoms with Crippen LogP contribution in [-0.2, 0) is 12.8 Å². The van der Waals surface area contributed by atoms with Crippen molar-refractivity contribution in [2.24, 2.45) is 0 Å². The first-order valence-corrected chi connectivity index (χ1v) is 27.7. The van der Waals surface area contributed by atoms with Gasteiger partial charge in [-0.05, 0) is 177 Å². The normalized spacial score (nSPS) is 18.3. The first kappa shape index (κ1) is 48.3. The molecule has 9 aromatic rings. The molecule has 7 aromatic carbocycles. The summed E-state index contributed by atoms with van der Waals surface area (Å²) in [6, 6.07) is 40.3. The molecule has 4 aliphatic rings. The molecule has 0 aliphatic carbocycles. The minimum absolute atomic E-state index is 0.640. The minimum atomic E-state index is -4.10. The lowest BCUT2D eigenvalue weighted by Crippen LogP contribution is -2.52. The van der Waals surface area contributed by atoms with Crippen LogP contribution in [0.5, 0.6) is 0 Å². The maximum Gasteiger partial charge on any atom is 0.737 e. The molecule has 0 bridgehead atoms. The topological polar surface area (TPSA) is 15.9 Å². The third kappa shape index (κ3) is 6.00. The number of fused-ring (bicyclic) bond motifs is 6. The average Bonchev–Trinajstić information content (AvgIpc) is 4.25. The van der Waals surface area contributed by atoms with Crippen LogP contribution in [0.2, 0.25) is 6.82 Å². The van der Waals surface area contributed by atoms with E-state index < -0.39 is 13.7 Å². The third-order valence-electron chi connectivity index (χ3n) is 18.9. The molecule has 380 valence electrons. The second-order valence-electron chi connectivity index (χ2n) is 22.4. The highest BCUT2D eigenvalue weighted by Crippen LogP contribution is 2.51. The van der Waals surface area contributed by atoms with E-state index in [1.165, 1.54) is 79.9 Å². The third-order valence-corrected chi connectivity index (χ3v) is 18.9. The molecule has 2 aromatic heterocycles. The lowest BCUT2D eigenvalue weighted by molar-refractivity contribution is -0.363. The summed E-state index contributed by atoms with van der Waals surface area (Å²) in [7, 11) is 0. The molecule has 0 radical (unpaired) electrons. The first-order chi connectivity index (χ1) is 36.4. The predicted molar refractivity (Wildman–Crippen MR) is 316 cm³/mol. The Hall–Kier alpha value is -7.38. The lowest BCUT2D eigenvalue weighted by atomic mass is 9.67. The Morgan fingerprint density at radius 1 is 0.421 bits per heavy atom. The summed E-state index contributed by atoms with van der Waals surface area (Å²) >= 11 is 0.